The summed E-state index contributed by atoms with van der Waals surface area (Å²) in [5.74, 6) is -0.292. The van der Waals surface area contributed by atoms with Crippen LogP contribution in [0.3, 0.4) is 0 Å². The smallest absolute Gasteiger partial charge is 0.323 e. The topological polar surface area (TPSA) is 68.4 Å². The van der Waals surface area contributed by atoms with Gasteiger partial charge in [0.1, 0.15) is 0 Å². The third-order valence-corrected chi connectivity index (χ3v) is 3.17. The summed E-state index contributed by atoms with van der Waals surface area (Å²) in [4.78, 5) is 24.2. The van der Waals surface area contributed by atoms with Crippen molar-refractivity contribution < 1.29 is 9.72 Å². The van der Waals surface area contributed by atoms with Gasteiger partial charge < -0.3 is 15.0 Å². The Kier molecular flexibility index (Phi) is 4.89. The van der Waals surface area contributed by atoms with E-state index in [9.17, 15) is 14.9 Å². The van der Waals surface area contributed by atoms with Gasteiger partial charge in [-0.3, -0.25) is 4.79 Å². The Hall–Kier alpha value is -1.37. The van der Waals surface area contributed by atoms with Crippen molar-refractivity contribution in [3.05, 3.63) is 27.9 Å². The molecule has 100 valence electrons. The van der Waals surface area contributed by atoms with E-state index in [0.29, 0.717) is 17.1 Å². The van der Waals surface area contributed by atoms with Crippen molar-refractivity contribution in [1.29, 1.82) is 0 Å². The van der Waals surface area contributed by atoms with Gasteiger partial charge in [0.15, 0.2) is 5.69 Å². The lowest BCUT2D eigenvalue weighted by molar-refractivity contribution is -0.391. The predicted octanol–water partition coefficient (Wildman–Crippen LogP) is 2.18. The molecule has 0 saturated heterocycles. The molecule has 0 aliphatic rings. The number of nitro groups is 1. The van der Waals surface area contributed by atoms with Gasteiger partial charge >= 0.3 is 5.82 Å². The number of halogens is 1. The summed E-state index contributed by atoms with van der Waals surface area (Å²) in [6.07, 6.45) is 0.828. The number of carbonyl (C=O) groups is 1. The SMILES string of the molecule is CC(Br)CCN(C)C(=O)c1ccc([N+](=O)[O-])n1C. The first-order valence-electron chi connectivity index (χ1n) is 5.54. The summed E-state index contributed by atoms with van der Waals surface area (Å²) < 4.78 is 1.30. The lowest BCUT2D eigenvalue weighted by atomic mass is 10.3. The second kappa shape index (κ2) is 5.99. The average molecular weight is 318 g/mol. The van der Waals surface area contributed by atoms with E-state index < -0.39 is 4.92 Å². The number of hydrogen-bond acceptors (Lipinski definition) is 3. The van der Waals surface area contributed by atoms with Crippen LogP contribution in [-0.4, -0.2) is 38.7 Å². The fourth-order valence-electron chi connectivity index (χ4n) is 1.57. The summed E-state index contributed by atoms with van der Waals surface area (Å²) in [7, 11) is 3.21. The van der Waals surface area contributed by atoms with Crippen molar-refractivity contribution in [1.82, 2.24) is 9.47 Å². The highest BCUT2D eigenvalue weighted by atomic mass is 79.9. The van der Waals surface area contributed by atoms with Gasteiger partial charge in [0.25, 0.3) is 5.91 Å². The Bertz CT molecular complexity index is 456. The van der Waals surface area contributed by atoms with Crippen LogP contribution in [0.15, 0.2) is 12.1 Å². The minimum atomic E-state index is -0.503. The van der Waals surface area contributed by atoms with Crippen LogP contribution in [0.1, 0.15) is 23.8 Å². The van der Waals surface area contributed by atoms with Crippen molar-refractivity contribution in [2.24, 2.45) is 7.05 Å². The fourth-order valence-corrected chi connectivity index (χ4v) is 1.77. The summed E-state index contributed by atoms with van der Waals surface area (Å²) in [5, 5.41) is 10.7. The van der Waals surface area contributed by atoms with Gasteiger partial charge in [-0.05, 0) is 17.4 Å². The molecule has 0 spiro atoms. The number of hydrogen-bond donors (Lipinski definition) is 0. The van der Waals surface area contributed by atoms with Crippen LogP contribution in [0.25, 0.3) is 0 Å². The molecular formula is C11H16BrN3O3. The van der Waals surface area contributed by atoms with Crippen LogP contribution in [0.4, 0.5) is 5.82 Å². The zero-order valence-corrected chi connectivity index (χ0v) is 12.2. The van der Waals surface area contributed by atoms with Crippen LogP contribution in [0.5, 0.6) is 0 Å². The van der Waals surface area contributed by atoms with E-state index in [2.05, 4.69) is 15.9 Å². The first-order valence-corrected chi connectivity index (χ1v) is 6.45. The van der Waals surface area contributed by atoms with Crippen LogP contribution < -0.4 is 0 Å². The minimum absolute atomic E-state index is 0.0828. The molecule has 0 bridgehead atoms. The quantitative estimate of drug-likeness (QED) is 0.475. The van der Waals surface area contributed by atoms with E-state index in [0.717, 1.165) is 6.42 Å². The first-order chi connectivity index (χ1) is 8.34. The molecule has 1 amide bonds. The maximum Gasteiger partial charge on any atom is 0.323 e. The van der Waals surface area contributed by atoms with Crippen LogP contribution in [0.2, 0.25) is 0 Å². The zero-order chi connectivity index (χ0) is 13.9. The van der Waals surface area contributed by atoms with Crippen LogP contribution >= 0.6 is 15.9 Å². The highest BCUT2D eigenvalue weighted by molar-refractivity contribution is 9.09. The normalized spacial score (nSPS) is 12.2. The molecule has 0 radical (unpaired) electrons. The number of carbonyl (C=O) groups excluding carboxylic acids is 1. The highest BCUT2D eigenvalue weighted by Crippen LogP contribution is 2.16. The largest absolute Gasteiger partial charge is 0.358 e. The standard InChI is InChI=1S/C11H16BrN3O3/c1-8(12)6-7-13(2)11(16)9-4-5-10(14(9)3)15(17)18/h4-5,8H,6-7H2,1-3H3. The monoisotopic (exact) mass is 317 g/mol. The first kappa shape index (κ1) is 14.7. The van der Waals surface area contributed by atoms with Gasteiger partial charge in [-0.15, -0.1) is 0 Å². The summed E-state index contributed by atoms with van der Waals surface area (Å²) in [5.41, 5.74) is 0.325. The molecule has 0 saturated carbocycles. The van der Waals surface area contributed by atoms with Gasteiger partial charge in [0.2, 0.25) is 0 Å². The van der Waals surface area contributed by atoms with Crippen LogP contribution in [0, 0.1) is 10.1 Å². The Balaban J connectivity index is 2.81. The molecule has 1 rings (SSSR count). The molecule has 1 unspecified atom stereocenters. The maximum absolute atomic E-state index is 12.1. The number of nitrogens with zero attached hydrogens (tertiary/aromatic N) is 3. The van der Waals surface area contributed by atoms with Crippen molar-refractivity contribution in [2.75, 3.05) is 13.6 Å². The third kappa shape index (κ3) is 3.32. The molecular weight excluding hydrogens is 302 g/mol. The highest BCUT2D eigenvalue weighted by Gasteiger charge is 2.23. The predicted molar refractivity (Wildman–Crippen MR) is 72.0 cm³/mol. The molecule has 6 nitrogen and oxygen atoms in total. The molecule has 0 fully saturated rings. The van der Waals surface area contributed by atoms with Gasteiger partial charge in [-0.2, -0.15) is 0 Å². The molecule has 7 heteroatoms. The van der Waals surface area contributed by atoms with Gasteiger partial charge in [0.05, 0.1) is 7.05 Å². The minimum Gasteiger partial charge on any atom is -0.358 e. The molecule has 1 atom stereocenters. The van der Waals surface area contributed by atoms with Crippen molar-refractivity contribution >= 4 is 27.7 Å². The van der Waals surface area contributed by atoms with Crippen molar-refractivity contribution in [2.45, 2.75) is 18.2 Å². The number of amides is 1. The molecule has 1 aromatic rings. The van der Waals surface area contributed by atoms with E-state index in [1.807, 2.05) is 6.92 Å². The zero-order valence-electron chi connectivity index (χ0n) is 10.6. The van der Waals surface area contributed by atoms with Gasteiger partial charge in [-0.1, -0.05) is 22.9 Å². The average Bonchev–Trinajstić information content (AvgIpc) is 2.66. The van der Waals surface area contributed by atoms with Crippen molar-refractivity contribution in [3.63, 3.8) is 0 Å². The van der Waals surface area contributed by atoms with Crippen molar-refractivity contribution in [3.8, 4) is 0 Å². The van der Waals surface area contributed by atoms with E-state index in [1.54, 1.807) is 11.9 Å². The van der Waals surface area contributed by atoms with E-state index >= 15 is 0 Å². The second-order valence-corrected chi connectivity index (χ2v) is 5.75. The molecule has 0 aromatic carbocycles. The van der Waals surface area contributed by atoms with E-state index in [-0.39, 0.29) is 11.7 Å². The number of aromatic nitrogens is 1. The molecule has 1 heterocycles. The molecule has 0 N–H and O–H groups in total. The van der Waals surface area contributed by atoms with E-state index in [4.69, 9.17) is 0 Å². The lowest BCUT2D eigenvalue weighted by Crippen LogP contribution is -2.30. The number of alkyl halides is 1. The molecule has 0 aliphatic carbocycles. The third-order valence-electron chi connectivity index (χ3n) is 2.71. The fraction of sp³-hybridized carbons (Fsp3) is 0.545. The number of rotatable bonds is 5. The Morgan fingerprint density at radius 3 is 2.67 bits per heavy atom. The summed E-state index contributed by atoms with van der Waals surface area (Å²) in [6.45, 7) is 2.61. The molecule has 1 aromatic heterocycles. The van der Waals surface area contributed by atoms with Crippen LogP contribution in [-0.2, 0) is 7.05 Å². The molecule has 18 heavy (non-hydrogen) atoms. The second-order valence-electron chi connectivity index (χ2n) is 4.19. The summed E-state index contributed by atoms with van der Waals surface area (Å²) >= 11 is 3.41. The van der Waals surface area contributed by atoms with Gasteiger partial charge in [-0.25, -0.2) is 4.57 Å². The lowest BCUT2D eigenvalue weighted by Gasteiger charge is -2.16. The maximum atomic E-state index is 12.1. The van der Waals surface area contributed by atoms with Gasteiger partial charge in [0, 0.05) is 24.5 Å². The Morgan fingerprint density at radius 1 is 1.61 bits per heavy atom. The Labute approximate surface area is 114 Å². The van der Waals surface area contributed by atoms with E-state index in [1.165, 1.54) is 23.7 Å². The Morgan fingerprint density at radius 2 is 2.22 bits per heavy atom. The summed E-state index contributed by atoms with van der Waals surface area (Å²) in [6, 6.07) is 2.82. The molecule has 0 aliphatic heterocycles.